The molecule has 0 radical (unpaired) electrons. The summed E-state index contributed by atoms with van der Waals surface area (Å²) in [6.07, 6.45) is -14.2. The molecule has 0 N–H and O–H groups in total. The molecule has 0 aromatic heterocycles. The number of carbonyl (C=O) groups is 2. The van der Waals surface area contributed by atoms with Crippen molar-refractivity contribution in [1.82, 2.24) is 0 Å². The van der Waals surface area contributed by atoms with Gasteiger partial charge in [0.05, 0.1) is 17.5 Å². The van der Waals surface area contributed by atoms with Crippen LogP contribution in [0.5, 0.6) is 0 Å². The summed E-state index contributed by atoms with van der Waals surface area (Å²) in [5.41, 5.74) is -3.84. The Morgan fingerprint density at radius 3 is 1.20 bits per heavy atom. The highest BCUT2D eigenvalue weighted by Gasteiger charge is 2.92. The van der Waals surface area contributed by atoms with Gasteiger partial charge in [-0.3, -0.25) is 0 Å². The number of halogens is 17. The van der Waals surface area contributed by atoms with Crippen LogP contribution in [-0.4, -0.2) is 59.6 Å². The summed E-state index contributed by atoms with van der Waals surface area (Å²) in [5.74, 6) is -63.7. The molecule has 0 bridgehead atoms. The molecule has 0 aliphatic heterocycles. The molecule has 0 amide bonds. The van der Waals surface area contributed by atoms with E-state index in [1.165, 1.54) is 0 Å². The van der Waals surface area contributed by atoms with Crippen molar-refractivity contribution in [2.75, 3.05) is 0 Å². The van der Waals surface area contributed by atoms with Gasteiger partial charge in [0.2, 0.25) is 0 Å². The monoisotopic (exact) mass is 560 g/mol. The van der Waals surface area contributed by atoms with E-state index in [2.05, 4.69) is 0 Å². The van der Waals surface area contributed by atoms with E-state index in [0.29, 0.717) is 0 Å². The van der Waals surface area contributed by atoms with Crippen molar-refractivity contribution in [1.29, 1.82) is 0 Å². The van der Waals surface area contributed by atoms with E-state index in [1.807, 2.05) is 0 Å². The summed E-state index contributed by atoms with van der Waals surface area (Å²) in [7, 11) is 0. The summed E-state index contributed by atoms with van der Waals surface area (Å²) < 4.78 is 225. The highest BCUT2D eigenvalue weighted by Crippen LogP contribution is 2.63. The number of rotatable bonds is 11. The molecule has 21 heteroatoms. The molecule has 0 fully saturated rings. The molecule has 0 aromatic rings. The normalized spacial score (nSPS) is 15.9. The summed E-state index contributed by atoms with van der Waals surface area (Å²) in [5, 5.41) is 20.5. The quantitative estimate of drug-likeness (QED) is 0.288. The first-order valence-corrected chi connectivity index (χ1v) is 7.81. The Balaban J connectivity index is 6.85. The van der Waals surface area contributed by atoms with Crippen LogP contribution in [0, 0.1) is 0 Å². The second-order valence-electron chi connectivity index (χ2n) is 6.43. The van der Waals surface area contributed by atoms with Crippen molar-refractivity contribution in [2.45, 2.75) is 60.5 Å². The molecule has 0 saturated carbocycles. The Bertz CT molecular complexity index is 855. The molecule has 0 atom stereocenters. The second kappa shape index (κ2) is 8.86. The molecule has 0 unspecified atom stereocenters. The molecule has 0 spiro atoms. The van der Waals surface area contributed by atoms with Gasteiger partial charge in [0, 0.05) is 12.8 Å². The van der Waals surface area contributed by atoms with E-state index in [1.54, 1.807) is 0 Å². The number of hydrogen-bond donors (Lipinski definition) is 0. The molecule has 0 rings (SSSR count). The first-order valence-electron chi connectivity index (χ1n) is 7.81. The van der Waals surface area contributed by atoms with Gasteiger partial charge in [-0.2, -0.15) is 74.6 Å². The lowest BCUT2D eigenvalue weighted by molar-refractivity contribution is -0.439. The third-order valence-electron chi connectivity index (χ3n) is 3.97. The number of carbonyl (C=O) groups excluding carboxylic acids is 2. The zero-order valence-corrected chi connectivity index (χ0v) is 15.5. The van der Waals surface area contributed by atoms with Crippen LogP contribution in [-0.2, 0) is 9.59 Å². The van der Waals surface area contributed by atoms with Crippen molar-refractivity contribution < 1.29 is 94.4 Å². The van der Waals surface area contributed by atoms with Crippen LogP contribution in [0.15, 0.2) is 11.6 Å². The molecule has 206 valence electrons. The van der Waals surface area contributed by atoms with Crippen LogP contribution in [0.4, 0.5) is 74.6 Å². The number of aliphatic carboxylic acids is 2. The van der Waals surface area contributed by atoms with E-state index in [-0.39, 0.29) is 0 Å². The van der Waals surface area contributed by atoms with Crippen molar-refractivity contribution in [3.63, 3.8) is 0 Å². The van der Waals surface area contributed by atoms with Gasteiger partial charge < -0.3 is 19.8 Å². The Morgan fingerprint density at radius 2 is 0.886 bits per heavy atom. The minimum absolute atomic E-state index is 1.67. The lowest BCUT2D eigenvalue weighted by Crippen LogP contribution is -2.73. The van der Waals surface area contributed by atoms with Gasteiger partial charge in [0.15, 0.2) is 0 Å². The Kier molecular flexibility index (Phi) is 8.22. The largest absolute Gasteiger partial charge is 0.545 e. The van der Waals surface area contributed by atoms with E-state index >= 15 is 0 Å². The Labute approximate surface area is 180 Å². The van der Waals surface area contributed by atoms with E-state index in [4.69, 9.17) is 0 Å². The van der Waals surface area contributed by atoms with Crippen LogP contribution in [0.2, 0.25) is 0 Å². The molecule has 35 heavy (non-hydrogen) atoms. The number of hydrogen-bond acceptors (Lipinski definition) is 4. The van der Waals surface area contributed by atoms with Crippen molar-refractivity contribution >= 4 is 11.9 Å². The van der Waals surface area contributed by atoms with Crippen LogP contribution in [0.25, 0.3) is 0 Å². The molecule has 4 nitrogen and oxygen atoms in total. The SMILES string of the molecule is O=C([O-])/C=C(/C(=O)[O-])C(F)(F)C(F)(F)C(F)(F)C(F)(F)C(F)(F)C(F)(F)C(F)(F)CCC(F)(F)F. The van der Waals surface area contributed by atoms with Gasteiger partial charge in [0.1, 0.15) is 0 Å². The fraction of sp³-hybridized carbons (Fsp3) is 0.714. The highest BCUT2D eigenvalue weighted by atomic mass is 19.4. The lowest BCUT2D eigenvalue weighted by Gasteiger charge is -2.43. The zero-order valence-electron chi connectivity index (χ0n) is 15.5. The van der Waals surface area contributed by atoms with Crippen LogP contribution in [0.1, 0.15) is 12.8 Å². The van der Waals surface area contributed by atoms with E-state index in [9.17, 15) is 94.4 Å². The predicted octanol–water partition coefficient (Wildman–Crippen LogP) is 3.20. The van der Waals surface area contributed by atoms with Crippen molar-refractivity contribution in [2.24, 2.45) is 0 Å². The van der Waals surface area contributed by atoms with Crippen molar-refractivity contribution in [3.8, 4) is 0 Å². The van der Waals surface area contributed by atoms with Crippen LogP contribution < -0.4 is 10.2 Å². The fourth-order valence-electron chi connectivity index (χ4n) is 2.04. The molecular formula is C14H5F17O4-2. The minimum atomic E-state index is -8.70. The van der Waals surface area contributed by atoms with Gasteiger partial charge in [0.25, 0.3) is 0 Å². The van der Waals surface area contributed by atoms with Gasteiger partial charge in [-0.05, 0) is 6.08 Å². The summed E-state index contributed by atoms with van der Waals surface area (Å²) in [6.45, 7) is 0. The maximum absolute atomic E-state index is 13.6. The summed E-state index contributed by atoms with van der Waals surface area (Å²) in [4.78, 5) is 20.5. The van der Waals surface area contributed by atoms with E-state index < -0.39 is 84.1 Å². The average Bonchev–Trinajstić information content (AvgIpc) is 2.62. The lowest BCUT2D eigenvalue weighted by atomic mass is 9.86. The number of carboxylic acid groups (broad SMARTS) is 2. The number of alkyl halides is 17. The van der Waals surface area contributed by atoms with Gasteiger partial charge >= 0.3 is 47.6 Å². The molecule has 0 heterocycles. The Hall–Kier alpha value is -2.51. The number of carboxylic acids is 2. The zero-order chi connectivity index (χ0) is 28.9. The van der Waals surface area contributed by atoms with Crippen molar-refractivity contribution in [3.05, 3.63) is 11.6 Å². The second-order valence-corrected chi connectivity index (χ2v) is 6.43. The third kappa shape index (κ3) is 5.21. The predicted molar refractivity (Wildman–Crippen MR) is 68.0 cm³/mol. The van der Waals surface area contributed by atoms with Gasteiger partial charge in [-0.15, -0.1) is 0 Å². The molecule has 0 aromatic carbocycles. The van der Waals surface area contributed by atoms with Gasteiger partial charge in [-0.25, -0.2) is 0 Å². The van der Waals surface area contributed by atoms with E-state index in [0.717, 1.165) is 0 Å². The highest BCUT2D eigenvalue weighted by molar-refractivity contribution is 5.94. The first kappa shape index (κ1) is 32.5. The Morgan fingerprint density at radius 1 is 0.543 bits per heavy atom. The molecule has 0 aliphatic carbocycles. The fourth-order valence-corrected chi connectivity index (χ4v) is 2.04. The average molecular weight is 560 g/mol. The minimum Gasteiger partial charge on any atom is -0.545 e. The maximum atomic E-state index is 13.6. The first-order chi connectivity index (χ1) is 15.0. The molecule has 0 saturated heterocycles. The molecular weight excluding hydrogens is 555 g/mol. The standard InChI is InChI=1S/C14H7F17O4/c15-7(16,1-2-8(17,18)19)10(22,23)12(26,27)14(30,31)13(28,29)11(24,25)9(20,21)4(6(34)35)3-5(32)33/h3H,1-2H2,(H,32,33)(H,34,35)/p-2/b4-3-. The summed E-state index contributed by atoms with van der Waals surface area (Å²) >= 11 is 0. The topological polar surface area (TPSA) is 80.3 Å². The van der Waals surface area contributed by atoms with Crippen LogP contribution >= 0.6 is 0 Å². The van der Waals surface area contributed by atoms with Crippen LogP contribution in [0.3, 0.4) is 0 Å². The smallest absolute Gasteiger partial charge is 0.389 e. The maximum Gasteiger partial charge on any atom is 0.389 e. The summed E-state index contributed by atoms with van der Waals surface area (Å²) in [6, 6.07) is 0. The third-order valence-corrected chi connectivity index (χ3v) is 3.97. The van der Waals surface area contributed by atoms with Gasteiger partial charge in [-0.1, -0.05) is 0 Å². The molecule has 0 aliphatic rings.